The molecule has 2 rings (SSSR count). The van der Waals surface area contributed by atoms with Crippen molar-refractivity contribution in [1.29, 1.82) is 0 Å². The first kappa shape index (κ1) is 14.4. The minimum absolute atomic E-state index is 0.219. The van der Waals surface area contributed by atoms with Gasteiger partial charge >= 0.3 is 0 Å². The second kappa shape index (κ2) is 6.45. The Bertz CT molecular complexity index is 610. The van der Waals surface area contributed by atoms with Gasteiger partial charge in [-0.15, -0.1) is 0 Å². The maximum atomic E-state index is 11.9. The summed E-state index contributed by atoms with van der Waals surface area (Å²) in [4.78, 5) is 11.9. The zero-order chi connectivity index (χ0) is 14.5. The third-order valence-electron chi connectivity index (χ3n) is 2.81. The molecule has 2 aromatic rings. The van der Waals surface area contributed by atoms with Crippen LogP contribution in [0.2, 0.25) is 5.02 Å². The topological polar surface area (TPSA) is 77.5 Å². The van der Waals surface area contributed by atoms with Crippen LogP contribution in [0.25, 0.3) is 0 Å². The molecular formula is C14H15ClN2O3. The van der Waals surface area contributed by atoms with E-state index in [0.717, 1.165) is 5.56 Å². The number of rotatable bonds is 5. The summed E-state index contributed by atoms with van der Waals surface area (Å²) in [5, 5.41) is 3.26. The Kier molecular flexibility index (Phi) is 4.65. The molecule has 1 heterocycles. The van der Waals surface area contributed by atoms with Gasteiger partial charge in [0.15, 0.2) is 5.76 Å². The zero-order valence-electron chi connectivity index (χ0n) is 11.0. The number of methoxy groups -OCH3 is 1. The molecule has 3 N–H and O–H groups in total. The summed E-state index contributed by atoms with van der Waals surface area (Å²) in [6, 6.07) is 8.57. The largest absolute Gasteiger partial charge is 0.496 e. The Morgan fingerprint density at radius 1 is 1.40 bits per heavy atom. The molecule has 6 heteroatoms. The van der Waals surface area contributed by atoms with E-state index >= 15 is 0 Å². The number of hydrogen-bond donors (Lipinski definition) is 2. The Hall–Kier alpha value is -1.98. The highest BCUT2D eigenvalue weighted by molar-refractivity contribution is 6.31. The van der Waals surface area contributed by atoms with Crippen LogP contribution in [0.4, 0.5) is 0 Å². The highest BCUT2D eigenvalue weighted by Crippen LogP contribution is 2.25. The van der Waals surface area contributed by atoms with Gasteiger partial charge in [0.25, 0.3) is 5.91 Å². The third-order valence-corrected chi connectivity index (χ3v) is 3.16. The van der Waals surface area contributed by atoms with Gasteiger partial charge in [0.2, 0.25) is 0 Å². The van der Waals surface area contributed by atoms with Gasteiger partial charge < -0.3 is 20.2 Å². The number of nitrogens with one attached hydrogen (secondary N) is 1. The number of ether oxygens (including phenoxy) is 1. The normalized spacial score (nSPS) is 10.3. The smallest absolute Gasteiger partial charge is 0.287 e. The average molecular weight is 295 g/mol. The molecule has 0 aliphatic carbocycles. The predicted molar refractivity (Wildman–Crippen MR) is 75.8 cm³/mol. The van der Waals surface area contributed by atoms with Crippen molar-refractivity contribution >= 4 is 17.5 Å². The monoisotopic (exact) mass is 294 g/mol. The number of carbonyl (C=O) groups is 1. The van der Waals surface area contributed by atoms with E-state index in [1.165, 1.54) is 0 Å². The summed E-state index contributed by atoms with van der Waals surface area (Å²) < 4.78 is 10.5. The molecule has 1 aromatic carbocycles. The highest BCUT2D eigenvalue weighted by atomic mass is 35.5. The van der Waals surface area contributed by atoms with Crippen LogP contribution < -0.4 is 15.8 Å². The van der Waals surface area contributed by atoms with Crippen molar-refractivity contribution < 1.29 is 13.9 Å². The third kappa shape index (κ3) is 3.12. The molecule has 0 aliphatic heterocycles. The molecule has 0 radical (unpaired) electrons. The van der Waals surface area contributed by atoms with E-state index in [-0.39, 0.29) is 24.8 Å². The van der Waals surface area contributed by atoms with Crippen molar-refractivity contribution in [3.8, 4) is 5.75 Å². The van der Waals surface area contributed by atoms with E-state index in [0.29, 0.717) is 16.5 Å². The second-order valence-corrected chi connectivity index (χ2v) is 4.48. The standard InChI is InChI=1S/C14H15ClN2O3/c1-19-12-4-2-3-11(15)10(12)8-17-14(18)13-6-5-9(7-16)20-13/h2-6H,7-8,16H2,1H3,(H,17,18). The summed E-state index contributed by atoms with van der Waals surface area (Å²) in [5.41, 5.74) is 6.14. The zero-order valence-corrected chi connectivity index (χ0v) is 11.7. The lowest BCUT2D eigenvalue weighted by Crippen LogP contribution is -2.22. The lowest BCUT2D eigenvalue weighted by atomic mass is 10.2. The van der Waals surface area contributed by atoms with Crippen LogP contribution in [-0.2, 0) is 13.1 Å². The SMILES string of the molecule is COc1cccc(Cl)c1CNC(=O)c1ccc(CN)o1. The maximum absolute atomic E-state index is 11.9. The molecule has 0 bridgehead atoms. The van der Waals surface area contributed by atoms with Crippen LogP contribution in [0.3, 0.4) is 0 Å². The number of amides is 1. The fraction of sp³-hybridized carbons (Fsp3) is 0.214. The molecule has 0 unspecified atom stereocenters. The molecule has 0 saturated heterocycles. The minimum Gasteiger partial charge on any atom is -0.496 e. The van der Waals surface area contributed by atoms with Crippen molar-refractivity contribution in [2.75, 3.05) is 7.11 Å². The van der Waals surface area contributed by atoms with Crippen molar-refractivity contribution in [1.82, 2.24) is 5.32 Å². The number of halogens is 1. The van der Waals surface area contributed by atoms with Crippen LogP contribution in [-0.4, -0.2) is 13.0 Å². The van der Waals surface area contributed by atoms with E-state index in [2.05, 4.69) is 5.32 Å². The lowest BCUT2D eigenvalue weighted by Gasteiger charge is -2.10. The van der Waals surface area contributed by atoms with Gasteiger partial charge in [-0.05, 0) is 24.3 Å². The van der Waals surface area contributed by atoms with E-state index in [1.54, 1.807) is 37.4 Å². The molecule has 0 fully saturated rings. The molecule has 0 saturated carbocycles. The molecule has 0 spiro atoms. The van der Waals surface area contributed by atoms with Gasteiger partial charge in [0, 0.05) is 17.1 Å². The van der Waals surface area contributed by atoms with Crippen LogP contribution in [0.15, 0.2) is 34.7 Å². The van der Waals surface area contributed by atoms with Gasteiger partial charge in [-0.2, -0.15) is 0 Å². The van der Waals surface area contributed by atoms with Crippen molar-refractivity contribution in [2.45, 2.75) is 13.1 Å². The summed E-state index contributed by atoms with van der Waals surface area (Å²) in [5.74, 6) is 1.08. The predicted octanol–water partition coefficient (Wildman–Crippen LogP) is 2.33. The van der Waals surface area contributed by atoms with Crippen LogP contribution in [0.5, 0.6) is 5.75 Å². The summed E-state index contributed by atoms with van der Waals surface area (Å²) >= 11 is 6.09. The molecule has 0 aliphatic rings. The number of hydrogen-bond acceptors (Lipinski definition) is 4. The quantitative estimate of drug-likeness (QED) is 0.887. The van der Waals surface area contributed by atoms with Crippen LogP contribution >= 0.6 is 11.6 Å². The molecule has 5 nitrogen and oxygen atoms in total. The second-order valence-electron chi connectivity index (χ2n) is 4.07. The Labute approximate surface area is 121 Å². The molecular weight excluding hydrogens is 280 g/mol. The molecule has 106 valence electrons. The van der Waals surface area contributed by atoms with Crippen LogP contribution in [0, 0.1) is 0 Å². The van der Waals surface area contributed by atoms with Crippen molar-refractivity contribution in [3.05, 3.63) is 52.4 Å². The average Bonchev–Trinajstić information content (AvgIpc) is 2.94. The fourth-order valence-electron chi connectivity index (χ4n) is 1.77. The van der Waals surface area contributed by atoms with Gasteiger partial charge in [0.05, 0.1) is 13.7 Å². The molecule has 0 atom stereocenters. The van der Waals surface area contributed by atoms with E-state index in [4.69, 9.17) is 26.5 Å². The lowest BCUT2D eigenvalue weighted by molar-refractivity contribution is 0.0921. The number of furan rings is 1. The first-order valence-electron chi connectivity index (χ1n) is 6.04. The minimum atomic E-state index is -0.327. The van der Waals surface area contributed by atoms with Gasteiger partial charge in [-0.3, -0.25) is 4.79 Å². The summed E-state index contributed by atoms with van der Waals surface area (Å²) in [7, 11) is 1.55. The van der Waals surface area contributed by atoms with E-state index < -0.39 is 0 Å². The van der Waals surface area contributed by atoms with Crippen molar-refractivity contribution in [2.24, 2.45) is 5.73 Å². The van der Waals surface area contributed by atoms with Crippen molar-refractivity contribution in [3.63, 3.8) is 0 Å². The first-order chi connectivity index (χ1) is 9.65. The summed E-state index contributed by atoms with van der Waals surface area (Å²) in [6.45, 7) is 0.506. The van der Waals surface area contributed by atoms with Crippen LogP contribution in [0.1, 0.15) is 21.9 Å². The fourth-order valence-corrected chi connectivity index (χ4v) is 2.00. The Morgan fingerprint density at radius 3 is 2.85 bits per heavy atom. The van der Waals surface area contributed by atoms with E-state index in [1.807, 2.05) is 0 Å². The Balaban J connectivity index is 2.07. The van der Waals surface area contributed by atoms with Gasteiger partial charge in [-0.25, -0.2) is 0 Å². The Morgan fingerprint density at radius 2 is 2.20 bits per heavy atom. The maximum Gasteiger partial charge on any atom is 0.287 e. The number of carbonyl (C=O) groups excluding carboxylic acids is 1. The number of nitrogens with two attached hydrogens (primary N) is 1. The summed E-state index contributed by atoms with van der Waals surface area (Å²) in [6.07, 6.45) is 0. The molecule has 1 aromatic heterocycles. The van der Waals surface area contributed by atoms with Gasteiger partial charge in [0.1, 0.15) is 11.5 Å². The first-order valence-corrected chi connectivity index (χ1v) is 6.42. The molecule has 1 amide bonds. The highest BCUT2D eigenvalue weighted by Gasteiger charge is 2.13. The number of benzene rings is 1. The van der Waals surface area contributed by atoms with Gasteiger partial charge in [-0.1, -0.05) is 17.7 Å². The molecule has 20 heavy (non-hydrogen) atoms. The van der Waals surface area contributed by atoms with E-state index in [9.17, 15) is 4.79 Å².